The molecular weight excluding hydrogens is 396 g/mol. The predicted molar refractivity (Wildman–Crippen MR) is 130 cm³/mol. The molecule has 1 saturated carbocycles. The Labute approximate surface area is 188 Å². The van der Waals surface area contributed by atoms with Crippen LogP contribution in [-0.2, 0) is 0 Å². The van der Waals surface area contributed by atoms with E-state index in [0.29, 0.717) is 5.92 Å². The van der Waals surface area contributed by atoms with Crippen LogP contribution in [0.5, 0.6) is 0 Å². The summed E-state index contributed by atoms with van der Waals surface area (Å²) in [6, 6.07) is 16.5. The van der Waals surface area contributed by atoms with E-state index in [1.165, 1.54) is 18.4 Å². The Morgan fingerprint density at radius 1 is 0.969 bits per heavy atom. The topological polar surface area (TPSA) is 62.2 Å². The van der Waals surface area contributed by atoms with E-state index in [-0.39, 0.29) is 5.56 Å². The normalized spacial score (nSPS) is 23.3. The summed E-state index contributed by atoms with van der Waals surface area (Å²) >= 11 is 0. The molecule has 1 fully saturated rings. The van der Waals surface area contributed by atoms with Crippen LogP contribution in [0.15, 0.2) is 71.9 Å². The minimum absolute atomic E-state index is 0.116. The second-order valence-corrected chi connectivity index (χ2v) is 9.45. The summed E-state index contributed by atoms with van der Waals surface area (Å²) in [5, 5.41) is 3.53. The van der Waals surface area contributed by atoms with Crippen LogP contribution < -0.4 is 10.9 Å². The SMILES string of the molecule is CC1CC(C)C(c2ccc(Nc3ccc(-c4cc[nH]c(=O)c4)n4ccnc34)cc2)CC1C. The number of nitrogens with zero attached hydrogens (tertiary/aromatic N) is 2. The number of H-pyrrole nitrogens is 1. The molecule has 0 bridgehead atoms. The van der Waals surface area contributed by atoms with Gasteiger partial charge >= 0.3 is 0 Å². The van der Waals surface area contributed by atoms with Crippen molar-refractivity contribution < 1.29 is 0 Å². The molecule has 0 spiro atoms. The summed E-state index contributed by atoms with van der Waals surface area (Å²) in [5.74, 6) is 2.96. The molecule has 4 atom stereocenters. The maximum Gasteiger partial charge on any atom is 0.248 e. The van der Waals surface area contributed by atoms with Crippen molar-refractivity contribution in [3.8, 4) is 11.3 Å². The van der Waals surface area contributed by atoms with Crippen LogP contribution in [0.4, 0.5) is 11.4 Å². The molecule has 0 amide bonds. The van der Waals surface area contributed by atoms with Gasteiger partial charge in [0, 0.05) is 35.9 Å². The van der Waals surface area contributed by atoms with E-state index in [0.717, 1.165) is 46.0 Å². The Bertz CT molecular complexity index is 1290. The van der Waals surface area contributed by atoms with E-state index in [4.69, 9.17) is 0 Å². The quantitative estimate of drug-likeness (QED) is 0.407. The molecular formula is C27H30N4O. The highest BCUT2D eigenvalue weighted by atomic mass is 16.1. The average molecular weight is 427 g/mol. The standard InChI is InChI=1S/C27H30N4O/c1-17-14-19(3)23(15-18(17)2)20-4-6-22(7-5-20)30-24-8-9-25(31-13-12-29-27(24)31)21-10-11-28-26(32)16-21/h4-13,16-19,23,30H,14-15H2,1-3H3,(H,28,32). The number of hydrogen-bond acceptors (Lipinski definition) is 3. The van der Waals surface area contributed by atoms with Gasteiger partial charge in [-0.25, -0.2) is 4.98 Å². The molecule has 1 aromatic carbocycles. The molecule has 164 valence electrons. The number of imidazole rings is 1. The highest BCUT2D eigenvalue weighted by Crippen LogP contribution is 2.43. The number of anilines is 2. The van der Waals surface area contributed by atoms with E-state index >= 15 is 0 Å². The molecule has 5 rings (SSSR count). The van der Waals surface area contributed by atoms with Crippen molar-refractivity contribution in [2.75, 3.05) is 5.32 Å². The zero-order valence-corrected chi connectivity index (χ0v) is 18.9. The lowest BCUT2D eigenvalue weighted by atomic mass is 9.68. The molecule has 3 heterocycles. The van der Waals surface area contributed by atoms with Crippen LogP contribution in [0.2, 0.25) is 0 Å². The number of nitrogens with one attached hydrogen (secondary N) is 2. The van der Waals surface area contributed by atoms with Crippen LogP contribution in [0.25, 0.3) is 16.9 Å². The number of pyridine rings is 2. The van der Waals surface area contributed by atoms with Gasteiger partial charge in [0.25, 0.3) is 0 Å². The largest absolute Gasteiger partial charge is 0.352 e. The van der Waals surface area contributed by atoms with E-state index < -0.39 is 0 Å². The summed E-state index contributed by atoms with van der Waals surface area (Å²) in [5.41, 5.74) is 5.93. The maximum absolute atomic E-state index is 11.7. The summed E-state index contributed by atoms with van der Waals surface area (Å²) < 4.78 is 2.01. The van der Waals surface area contributed by atoms with Gasteiger partial charge in [-0.15, -0.1) is 0 Å². The third-order valence-corrected chi connectivity index (χ3v) is 7.27. The molecule has 0 aliphatic heterocycles. The summed E-state index contributed by atoms with van der Waals surface area (Å²) in [7, 11) is 0. The van der Waals surface area contributed by atoms with E-state index in [9.17, 15) is 4.79 Å². The fourth-order valence-corrected chi connectivity index (χ4v) is 5.23. The third-order valence-electron chi connectivity index (χ3n) is 7.27. The Balaban J connectivity index is 1.40. The fourth-order valence-electron chi connectivity index (χ4n) is 5.23. The lowest BCUT2D eigenvalue weighted by molar-refractivity contribution is 0.190. The van der Waals surface area contributed by atoms with Gasteiger partial charge in [0.2, 0.25) is 5.56 Å². The Kier molecular flexibility index (Phi) is 5.33. The van der Waals surface area contributed by atoms with Gasteiger partial charge in [-0.3, -0.25) is 9.20 Å². The first-order valence-corrected chi connectivity index (χ1v) is 11.5. The monoisotopic (exact) mass is 426 g/mol. The lowest BCUT2D eigenvalue weighted by Crippen LogP contribution is -2.26. The number of aromatic nitrogens is 3. The molecule has 5 nitrogen and oxygen atoms in total. The Morgan fingerprint density at radius 2 is 1.75 bits per heavy atom. The predicted octanol–water partition coefficient (Wildman–Crippen LogP) is 6.22. The zero-order valence-electron chi connectivity index (χ0n) is 18.9. The number of fused-ring (bicyclic) bond motifs is 1. The number of rotatable bonds is 4. The minimum atomic E-state index is -0.116. The van der Waals surface area contributed by atoms with Crippen molar-refractivity contribution >= 4 is 17.0 Å². The van der Waals surface area contributed by atoms with Crippen molar-refractivity contribution in [1.29, 1.82) is 0 Å². The molecule has 3 aromatic heterocycles. The number of benzene rings is 1. The van der Waals surface area contributed by atoms with Gasteiger partial charge in [0.15, 0.2) is 5.65 Å². The van der Waals surface area contributed by atoms with Crippen molar-refractivity contribution in [2.24, 2.45) is 17.8 Å². The second-order valence-electron chi connectivity index (χ2n) is 9.45. The Hall–Kier alpha value is -3.34. The van der Waals surface area contributed by atoms with Crippen LogP contribution in [0.3, 0.4) is 0 Å². The smallest absolute Gasteiger partial charge is 0.248 e. The highest BCUT2D eigenvalue weighted by Gasteiger charge is 2.31. The van der Waals surface area contributed by atoms with Crippen LogP contribution in [-0.4, -0.2) is 14.4 Å². The summed E-state index contributed by atoms with van der Waals surface area (Å²) in [4.78, 5) is 19.0. The molecule has 0 radical (unpaired) electrons. The minimum Gasteiger partial charge on any atom is -0.352 e. The molecule has 4 aromatic rings. The third kappa shape index (κ3) is 3.83. The molecule has 32 heavy (non-hydrogen) atoms. The van der Waals surface area contributed by atoms with Crippen molar-refractivity contribution in [3.63, 3.8) is 0 Å². The van der Waals surface area contributed by atoms with E-state index in [1.807, 2.05) is 28.8 Å². The van der Waals surface area contributed by atoms with Crippen LogP contribution in [0.1, 0.15) is 45.1 Å². The lowest BCUT2D eigenvalue weighted by Gasteiger charge is -2.37. The molecule has 4 unspecified atom stereocenters. The van der Waals surface area contributed by atoms with Gasteiger partial charge in [0.1, 0.15) is 0 Å². The van der Waals surface area contributed by atoms with Crippen LogP contribution >= 0.6 is 0 Å². The van der Waals surface area contributed by atoms with Gasteiger partial charge in [-0.2, -0.15) is 0 Å². The molecule has 2 N–H and O–H groups in total. The van der Waals surface area contributed by atoms with E-state index in [2.05, 4.69) is 60.3 Å². The first kappa shape index (κ1) is 20.6. The molecule has 0 saturated heterocycles. The first-order chi connectivity index (χ1) is 15.5. The molecule has 5 heteroatoms. The fraction of sp³-hybridized carbons (Fsp3) is 0.333. The van der Waals surface area contributed by atoms with Gasteiger partial charge < -0.3 is 10.3 Å². The number of aromatic amines is 1. The second kappa shape index (κ2) is 8.30. The average Bonchev–Trinajstić information content (AvgIpc) is 3.28. The number of hydrogen-bond donors (Lipinski definition) is 2. The molecule has 1 aliphatic carbocycles. The van der Waals surface area contributed by atoms with E-state index in [1.54, 1.807) is 18.5 Å². The Morgan fingerprint density at radius 3 is 2.53 bits per heavy atom. The first-order valence-electron chi connectivity index (χ1n) is 11.5. The van der Waals surface area contributed by atoms with Crippen LogP contribution in [0, 0.1) is 17.8 Å². The maximum atomic E-state index is 11.7. The summed E-state index contributed by atoms with van der Waals surface area (Å²) in [6.07, 6.45) is 7.96. The van der Waals surface area contributed by atoms with Crippen molar-refractivity contribution in [2.45, 2.75) is 39.5 Å². The zero-order chi connectivity index (χ0) is 22.2. The summed E-state index contributed by atoms with van der Waals surface area (Å²) in [6.45, 7) is 7.18. The van der Waals surface area contributed by atoms with Crippen molar-refractivity contribution in [3.05, 3.63) is 83.0 Å². The van der Waals surface area contributed by atoms with Gasteiger partial charge in [0.05, 0.1) is 11.4 Å². The van der Waals surface area contributed by atoms with Gasteiger partial charge in [-0.05, 0) is 72.4 Å². The highest BCUT2D eigenvalue weighted by molar-refractivity contribution is 5.78. The molecule has 1 aliphatic rings. The van der Waals surface area contributed by atoms with Crippen molar-refractivity contribution in [1.82, 2.24) is 14.4 Å². The van der Waals surface area contributed by atoms with Gasteiger partial charge in [-0.1, -0.05) is 32.9 Å².